The molecule has 0 aliphatic rings. The highest BCUT2D eigenvalue weighted by molar-refractivity contribution is 7.22. The number of halogens is 2. The Balaban J connectivity index is 1.92. The lowest BCUT2D eigenvalue weighted by Crippen LogP contribution is -2.02. The molecule has 96 valence electrons. The van der Waals surface area contributed by atoms with E-state index in [1.54, 1.807) is 0 Å². The fraction of sp³-hybridized carbons (Fsp3) is 0.0769. The van der Waals surface area contributed by atoms with E-state index < -0.39 is 0 Å². The number of hydrogen-bond donors (Lipinski definition) is 1. The quantitative estimate of drug-likeness (QED) is 0.718. The second-order valence-electron chi connectivity index (χ2n) is 3.95. The molecule has 19 heavy (non-hydrogen) atoms. The third-order valence-corrected chi connectivity index (χ3v) is 3.97. The van der Waals surface area contributed by atoms with Crippen molar-refractivity contribution < 1.29 is 0 Å². The van der Waals surface area contributed by atoms with Crippen LogP contribution in [-0.2, 0) is 6.54 Å². The number of benzene rings is 1. The van der Waals surface area contributed by atoms with E-state index in [-0.39, 0.29) is 5.28 Å². The smallest absolute Gasteiger partial charge is 0.225 e. The Morgan fingerprint density at radius 1 is 1.11 bits per heavy atom. The molecule has 0 bridgehead atoms. The summed E-state index contributed by atoms with van der Waals surface area (Å²) in [6.07, 6.45) is 0. The van der Waals surface area contributed by atoms with Crippen molar-refractivity contribution in [3.63, 3.8) is 0 Å². The highest BCUT2D eigenvalue weighted by Gasteiger charge is 2.10. The minimum absolute atomic E-state index is 0.224. The molecule has 1 aromatic carbocycles. The third kappa shape index (κ3) is 2.81. The molecule has 2 heterocycles. The summed E-state index contributed by atoms with van der Waals surface area (Å²) in [5, 5.41) is 4.39. The number of hydrogen-bond acceptors (Lipinski definition) is 4. The van der Waals surface area contributed by atoms with Crippen LogP contribution in [0.5, 0.6) is 0 Å². The van der Waals surface area contributed by atoms with E-state index >= 15 is 0 Å². The van der Waals surface area contributed by atoms with Gasteiger partial charge in [-0.2, -0.15) is 0 Å². The topological polar surface area (TPSA) is 37.8 Å². The molecule has 0 amide bonds. The van der Waals surface area contributed by atoms with Crippen LogP contribution in [0, 0.1) is 0 Å². The van der Waals surface area contributed by atoms with Crippen LogP contribution in [0.3, 0.4) is 0 Å². The van der Waals surface area contributed by atoms with Crippen molar-refractivity contribution in [2.45, 2.75) is 6.54 Å². The van der Waals surface area contributed by atoms with Crippen LogP contribution in [0.15, 0.2) is 36.4 Å². The lowest BCUT2D eigenvalue weighted by Gasteiger charge is -2.06. The molecule has 0 radical (unpaired) electrons. The predicted octanol–water partition coefficient (Wildman–Crippen LogP) is 4.61. The van der Waals surface area contributed by atoms with Crippen LogP contribution in [0.4, 0.5) is 5.82 Å². The average molecular weight is 310 g/mol. The normalized spacial score (nSPS) is 10.8. The van der Waals surface area contributed by atoms with Crippen LogP contribution >= 0.6 is 34.5 Å². The van der Waals surface area contributed by atoms with Gasteiger partial charge in [-0.3, -0.25) is 0 Å². The van der Waals surface area contributed by atoms with Crippen molar-refractivity contribution in [3.05, 3.63) is 51.6 Å². The Morgan fingerprint density at radius 2 is 1.89 bits per heavy atom. The van der Waals surface area contributed by atoms with E-state index in [0.29, 0.717) is 16.7 Å². The van der Waals surface area contributed by atoms with E-state index in [4.69, 9.17) is 23.2 Å². The first kappa shape index (κ1) is 12.7. The highest BCUT2D eigenvalue weighted by atomic mass is 35.5. The lowest BCUT2D eigenvalue weighted by atomic mass is 10.2. The van der Waals surface area contributed by atoms with Gasteiger partial charge >= 0.3 is 0 Å². The fourth-order valence-corrected chi connectivity index (χ4v) is 3.09. The molecule has 2 aromatic heterocycles. The summed E-state index contributed by atoms with van der Waals surface area (Å²) in [6, 6.07) is 11.9. The number of fused-ring (bicyclic) bond motifs is 1. The van der Waals surface area contributed by atoms with Gasteiger partial charge in [0.2, 0.25) is 5.28 Å². The molecule has 6 heteroatoms. The first-order chi connectivity index (χ1) is 9.22. The summed E-state index contributed by atoms with van der Waals surface area (Å²) >= 11 is 13.3. The van der Waals surface area contributed by atoms with Crippen molar-refractivity contribution in [2.24, 2.45) is 0 Å². The van der Waals surface area contributed by atoms with Gasteiger partial charge in [-0.05, 0) is 23.2 Å². The number of thiophene rings is 1. The van der Waals surface area contributed by atoms with Gasteiger partial charge in [-0.25, -0.2) is 9.97 Å². The Hall–Kier alpha value is -1.36. The summed E-state index contributed by atoms with van der Waals surface area (Å²) in [6.45, 7) is 0.677. The SMILES string of the molecule is Clc1nc(NCc2ccccc2)c2cc(Cl)sc2n1. The van der Waals surface area contributed by atoms with Crippen molar-refractivity contribution in [1.82, 2.24) is 9.97 Å². The van der Waals surface area contributed by atoms with Crippen molar-refractivity contribution >= 4 is 50.6 Å². The fourth-order valence-electron chi connectivity index (χ4n) is 1.78. The summed E-state index contributed by atoms with van der Waals surface area (Å²) in [5.74, 6) is 0.710. The van der Waals surface area contributed by atoms with Crippen LogP contribution in [0.25, 0.3) is 10.2 Å². The van der Waals surface area contributed by atoms with E-state index in [1.165, 1.54) is 16.9 Å². The lowest BCUT2D eigenvalue weighted by molar-refractivity contribution is 1.11. The molecule has 3 nitrogen and oxygen atoms in total. The maximum atomic E-state index is 6.00. The molecular formula is C13H9Cl2N3S. The molecule has 1 N–H and O–H groups in total. The minimum Gasteiger partial charge on any atom is -0.365 e. The Bertz CT molecular complexity index is 712. The molecule has 0 aliphatic carbocycles. The first-order valence-corrected chi connectivity index (χ1v) is 7.20. The molecule has 0 atom stereocenters. The largest absolute Gasteiger partial charge is 0.365 e. The van der Waals surface area contributed by atoms with Crippen LogP contribution in [0.1, 0.15) is 5.56 Å². The first-order valence-electron chi connectivity index (χ1n) is 5.63. The second kappa shape index (κ2) is 5.33. The van der Waals surface area contributed by atoms with Gasteiger partial charge < -0.3 is 5.32 Å². The monoisotopic (exact) mass is 309 g/mol. The molecule has 0 saturated carbocycles. The zero-order valence-electron chi connectivity index (χ0n) is 9.73. The molecule has 0 saturated heterocycles. The number of nitrogens with zero attached hydrogens (tertiary/aromatic N) is 2. The zero-order chi connectivity index (χ0) is 13.2. The highest BCUT2D eigenvalue weighted by Crippen LogP contribution is 2.32. The minimum atomic E-state index is 0.224. The van der Waals surface area contributed by atoms with Crippen molar-refractivity contribution in [3.8, 4) is 0 Å². The summed E-state index contributed by atoms with van der Waals surface area (Å²) in [7, 11) is 0. The number of aromatic nitrogens is 2. The van der Waals surface area contributed by atoms with Gasteiger partial charge in [0, 0.05) is 6.54 Å². The van der Waals surface area contributed by atoms with E-state index in [1.807, 2.05) is 36.4 Å². The third-order valence-electron chi connectivity index (χ3n) is 2.64. The molecule has 3 aromatic rings. The van der Waals surface area contributed by atoms with Gasteiger partial charge in [0.25, 0.3) is 0 Å². The van der Waals surface area contributed by atoms with E-state index in [2.05, 4.69) is 15.3 Å². The van der Waals surface area contributed by atoms with Crippen LogP contribution < -0.4 is 5.32 Å². The van der Waals surface area contributed by atoms with Crippen molar-refractivity contribution in [1.29, 1.82) is 0 Å². The Labute approximate surface area is 124 Å². The zero-order valence-corrected chi connectivity index (χ0v) is 12.1. The number of nitrogens with one attached hydrogen (secondary N) is 1. The Morgan fingerprint density at radius 3 is 2.68 bits per heavy atom. The van der Waals surface area contributed by atoms with Gasteiger partial charge in [-0.1, -0.05) is 41.9 Å². The second-order valence-corrected chi connectivity index (χ2v) is 5.95. The number of rotatable bonds is 3. The van der Waals surface area contributed by atoms with Gasteiger partial charge in [0.05, 0.1) is 9.72 Å². The van der Waals surface area contributed by atoms with Gasteiger partial charge in [-0.15, -0.1) is 11.3 Å². The van der Waals surface area contributed by atoms with Gasteiger partial charge in [0.1, 0.15) is 10.6 Å². The average Bonchev–Trinajstić information content (AvgIpc) is 2.77. The van der Waals surface area contributed by atoms with Crippen LogP contribution in [0.2, 0.25) is 9.62 Å². The predicted molar refractivity (Wildman–Crippen MR) is 81.2 cm³/mol. The molecule has 0 spiro atoms. The molecular weight excluding hydrogens is 301 g/mol. The molecule has 0 unspecified atom stereocenters. The van der Waals surface area contributed by atoms with Crippen molar-refractivity contribution in [2.75, 3.05) is 5.32 Å². The standard InChI is InChI=1S/C13H9Cl2N3S/c14-10-6-9-11(17-13(15)18-12(9)19-10)16-7-8-4-2-1-3-5-8/h1-6H,7H2,(H,16,17,18). The summed E-state index contributed by atoms with van der Waals surface area (Å²) < 4.78 is 0.675. The van der Waals surface area contributed by atoms with Gasteiger partial charge in [0.15, 0.2) is 0 Å². The summed E-state index contributed by atoms with van der Waals surface area (Å²) in [4.78, 5) is 9.17. The molecule has 0 aliphatic heterocycles. The van der Waals surface area contributed by atoms with Crippen LogP contribution in [-0.4, -0.2) is 9.97 Å². The molecule has 3 rings (SSSR count). The Kier molecular flexibility index (Phi) is 3.55. The van der Waals surface area contributed by atoms with E-state index in [0.717, 1.165) is 10.2 Å². The maximum absolute atomic E-state index is 6.00. The maximum Gasteiger partial charge on any atom is 0.225 e. The molecule has 0 fully saturated rings. The van der Waals surface area contributed by atoms with E-state index in [9.17, 15) is 0 Å². The summed E-state index contributed by atoms with van der Waals surface area (Å²) in [5.41, 5.74) is 1.17. The number of anilines is 1.